The maximum absolute atomic E-state index is 2.26. The Hall–Kier alpha value is -3.12. The smallest absolute Gasteiger partial charge is 0.00208 e. The summed E-state index contributed by atoms with van der Waals surface area (Å²) < 4.78 is 0. The minimum Gasteiger partial charge on any atom is -0.0622 e. The van der Waals surface area contributed by atoms with Gasteiger partial charge in [-0.1, -0.05) is 97.1 Å². The van der Waals surface area contributed by atoms with Crippen LogP contribution < -0.4 is 0 Å². The lowest BCUT2D eigenvalue weighted by atomic mass is 9.92. The molecule has 5 rings (SSSR count). The molecule has 0 aromatic heterocycles. The van der Waals surface area contributed by atoms with E-state index >= 15 is 0 Å². The van der Waals surface area contributed by atoms with Gasteiger partial charge in [0.2, 0.25) is 0 Å². The van der Waals surface area contributed by atoms with E-state index in [1.54, 1.807) is 0 Å². The zero-order valence-corrected chi connectivity index (χ0v) is 13.2. The van der Waals surface area contributed by atoms with Gasteiger partial charge in [-0.05, 0) is 43.4 Å². The largest absolute Gasteiger partial charge is 0.0622 e. The van der Waals surface area contributed by atoms with Gasteiger partial charge in [-0.15, -0.1) is 0 Å². The lowest BCUT2D eigenvalue weighted by Crippen LogP contribution is -1.85. The van der Waals surface area contributed by atoms with Crippen molar-refractivity contribution in [1.82, 2.24) is 0 Å². The fourth-order valence-corrected chi connectivity index (χ4v) is 3.65. The molecule has 0 atom stereocenters. The summed E-state index contributed by atoms with van der Waals surface area (Å²) in [6.45, 7) is 0. The molecular formula is C24H16. The Morgan fingerprint density at radius 1 is 0.458 bits per heavy atom. The summed E-state index contributed by atoms with van der Waals surface area (Å²) in [5.41, 5.74) is 2.49. The van der Waals surface area contributed by atoms with Gasteiger partial charge in [-0.25, -0.2) is 0 Å². The Labute approximate surface area is 141 Å². The molecule has 0 N–H and O–H groups in total. The van der Waals surface area contributed by atoms with Crippen LogP contribution in [-0.4, -0.2) is 0 Å². The van der Waals surface area contributed by atoms with Crippen molar-refractivity contribution in [3.8, 4) is 0 Å². The average Bonchev–Trinajstić information content (AvgIpc) is 2.66. The summed E-state index contributed by atoms with van der Waals surface area (Å²) >= 11 is 0. The fraction of sp³-hybridized carbons (Fsp3) is 0. The maximum atomic E-state index is 2.26. The molecule has 0 bridgehead atoms. The molecule has 0 aliphatic rings. The summed E-state index contributed by atoms with van der Waals surface area (Å²) in [6, 6.07) is 30.4. The second-order valence-electron chi connectivity index (χ2n) is 6.25. The molecule has 5 aromatic carbocycles. The van der Waals surface area contributed by atoms with Crippen LogP contribution in [0.3, 0.4) is 0 Å². The molecule has 0 unspecified atom stereocenters. The Bertz CT molecular complexity index is 1160. The van der Waals surface area contributed by atoms with Crippen LogP contribution in [0.5, 0.6) is 0 Å². The van der Waals surface area contributed by atoms with Gasteiger partial charge < -0.3 is 0 Å². The molecular weight excluding hydrogens is 288 g/mol. The highest BCUT2D eigenvalue weighted by atomic mass is 14.1. The minimum absolute atomic E-state index is 1.23. The molecule has 0 saturated heterocycles. The molecule has 24 heavy (non-hydrogen) atoms. The van der Waals surface area contributed by atoms with Crippen molar-refractivity contribution in [2.75, 3.05) is 0 Å². The summed E-state index contributed by atoms with van der Waals surface area (Å²) in [4.78, 5) is 0. The average molecular weight is 304 g/mol. The van der Waals surface area contributed by atoms with Crippen LogP contribution in [0.25, 0.3) is 44.5 Å². The first-order valence-corrected chi connectivity index (χ1v) is 8.30. The third kappa shape index (κ3) is 2.00. The van der Waals surface area contributed by atoms with Crippen LogP contribution in [0.4, 0.5) is 0 Å². The fourth-order valence-electron chi connectivity index (χ4n) is 3.65. The molecule has 0 amide bonds. The standard InChI is InChI=1S/C24H16/c1-2-5-17(6-3-1)9-10-18-11-12-21-14-13-19-7-4-8-20-15-16-22(18)24(21)23(19)20/h1-16H/b10-9+. The Morgan fingerprint density at radius 3 is 1.92 bits per heavy atom. The summed E-state index contributed by atoms with van der Waals surface area (Å²) in [5, 5.41) is 8.02. The Balaban J connectivity index is 1.80. The second kappa shape index (κ2) is 5.21. The predicted molar refractivity (Wildman–Crippen MR) is 106 cm³/mol. The molecule has 0 spiro atoms. The van der Waals surface area contributed by atoms with E-state index in [-0.39, 0.29) is 0 Å². The molecule has 0 heterocycles. The zero-order chi connectivity index (χ0) is 15.9. The van der Waals surface area contributed by atoms with Crippen molar-refractivity contribution in [2.24, 2.45) is 0 Å². The van der Waals surface area contributed by atoms with Crippen molar-refractivity contribution in [3.63, 3.8) is 0 Å². The Kier molecular flexibility index (Phi) is 2.89. The van der Waals surface area contributed by atoms with Crippen molar-refractivity contribution in [2.45, 2.75) is 0 Å². The van der Waals surface area contributed by atoms with Crippen LogP contribution >= 0.6 is 0 Å². The number of benzene rings is 5. The highest BCUT2D eigenvalue weighted by Gasteiger charge is 2.09. The summed E-state index contributed by atoms with van der Waals surface area (Å²) in [5.74, 6) is 0. The predicted octanol–water partition coefficient (Wildman–Crippen LogP) is 6.75. The normalized spacial score (nSPS) is 12.0. The molecule has 0 aliphatic heterocycles. The van der Waals surface area contributed by atoms with Crippen molar-refractivity contribution < 1.29 is 0 Å². The molecule has 0 heteroatoms. The van der Waals surface area contributed by atoms with Gasteiger partial charge in [0.15, 0.2) is 0 Å². The molecule has 5 aromatic rings. The van der Waals surface area contributed by atoms with E-state index in [4.69, 9.17) is 0 Å². The highest BCUT2D eigenvalue weighted by Crippen LogP contribution is 2.36. The van der Waals surface area contributed by atoms with Crippen LogP contribution in [0.2, 0.25) is 0 Å². The maximum Gasteiger partial charge on any atom is -0.00208 e. The number of hydrogen-bond donors (Lipinski definition) is 0. The first-order chi connectivity index (χ1) is 11.9. The number of hydrogen-bond acceptors (Lipinski definition) is 0. The molecule has 0 fully saturated rings. The molecule has 0 nitrogen and oxygen atoms in total. The third-order valence-electron chi connectivity index (χ3n) is 4.82. The quantitative estimate of drug-likeness (QED) is 0.250. The first-order valence-electron chi connectivity index (χ1n) is 8.30. The van der Waals surface area contributed by atoms with Gasteiger partial charge in [0, 0.05) is 0 Å². The zero-order valence-electron chi connectivity index (χ0n) is 13.2. The lowest BCUT2D eigenvalue weighted by Gasteiger charge is -2.12. The van der Waals surface area contributed by atoms with E-state index in [1.807, 2.05) is 6.07 Å². The van der Waals surface area contributed by atoms with Crippen LogP contribution in [0, 0.1) is 0 Å². The van der Waals surface area contributed by atoms with Crippen LogP contribution in [0.1, 0.15) is 11.1 Å². The van der Waals surface area contributed by atoms with Gasteiger partial charge in [0.25, 0.3) is 0 Å². The topological polar surface area (TPSA) is 0 Å². The van der Waals surface area contributed by atoms with Gasteiger partial charge in [0.1, 0.15) is 0 Å². The van der Waals surface area contributed by atoms with Crippen LogP contribution in [0.15, 0.2) is 84.9 Å². The van der Waals surface area contributed by atoms with Gasteiger partial charge in [-0.2, -0.15) is 0 Å². The van der Waals surface area contributed by atoms with Gasteiger partial charge >= 0.3 is 0 Å². The van der Waals surface area contributed by atoms with E-state index in [0.717, 1.165) is 0 Å². The van der Waals surface area contributed by atoms with Crippen molar-refractivity contribution >= 4 is 44.5 Å². The second-order valence-corrected chi connectivity index (χ2v) is 6.25. The van der Waals surface area contributed by atoms with Gasteiger partial charge in [-0.3, -0.25) is 0 Å². The van der Waals surface area contributed by atoms with E-state index in [0.29, 0.717) is 0 Å². The van der Waals surface area contributed by atoms with Crippen molar-refractivity contribution in [3.05, 3.63) is 96.1 Å². The van der Waals surface area contributed by atoms with E-state index in [1.165, 1.54) is 43.4 Å². The Morgan fingerprint density at radius 2 is 1.12 bits per heavy atom. The molecule has 0 saturated carbocycles. The first kappa shape index (κ1) is 13.3. The minimum atomic E-state index is 1.23. The molecule has 0 aliphatic carbocycles. The van der Waals surface area contributed by atoms with E-state index < -0.39 is 0 Å². The molecule has 0 radical (unpaired) electrons. The third-order valence-corrected chi connectivity index (χ3v) is 4.82. The molecule has 112 valence electrons. The van der Waals surface area contributed by atoms with Gasteiger partial charge in [0.05, 0.1) is 0 Å². The van der Waals surface area contributed by atoms with E-state index in [2.05, 4.69) is 91.0 Å². The monoisotopic (exact) mass is 304 g/mol. The van der Waals surface area contributed by atoms with E-state index in [9.17, 15) is 0 Å². The lowest BCUT2D eigenvalue weighted by molar-refractivity contribution is 1.66. The van der Waals surface area contributed by atoms with Crippen molar-refractivity contribution in [1.29, 1.82) is 0 Å². The highest BCUT2D eigenvalue weighted by molar-refractivity contribution is 6.24. The summed E-state index contributed by atoms with van der Waals surface area (Å²) in [7, 11) is 0. The van der Waals surface area contributed by atoms with Crippen LogP contribution in [-0.2, 0) is 0 Å². The number of rotatable bonds is 2. The SMILES string of the molecule is C(=C\c1ccc2ccc3cccc4ccc1c2c34)/c1ccccc1. The summed E-state index contributed by atoms with van der Waals surface area (Å²) in [6.07, 6.45) is 4.41.